The van der Waals surface area contributed by atoms with Gasteiger partial charge in [0.1, 0.15) is 0 Å². The Morgan fingerprint density at radius 1 is 0.452 bits per heavy atom. The smallest absolute Gasteiger partial charge is 0.305 e. The van der Waals surface area contributed by atoms with Crippen LogP contribution in [0, 0.1) is 11.8 Å². The number of hydrogen-bond acceptors (Lipinski definition) is 4. The maximum absolute atomic E-state index is 11.5. The summed E-state index contributed by atoms with van der Waals surface area (Å²) in [6.45, 7) is 9.35. The second kappa shape index (κ2) is 22.1. The first kappa shape index (κ1) is 29.9. The van der Waals surface area contributed by atoms with Gasteiger partial charge in [0, 0.05) is 12.8 Å². The highest BCUT2D eigenvalue weighted by Gasteiger charge is 2.05. The molecule has 0 aromatic carbocycles. The van der Waals surface area contributed by atoms with E-state index in [1.54, 1.807) is 0 Å². The van der Waals surface area contributed by atoms with E-state index < -0.39 is 0 Å². The maximum atomic E-state index is 11.5. The standard InChI is InChI=1S/C27H52O4/c1-24(2)22-30-26(28)20-18-16-14-12-10-8-6-5-7-9-11-13-15-17-19-21-27(29)31-23-25(3)4/h24-25H,5-23H2,1-4H3. The minimum atomic E-state index is -0.0319. The quantitative estimate of drug-likeness (QED) is 0.126. The van der Waals surface area contributed by atoms with Gasteiger partial charge in [-0.2, -0.15) is 0 Å². The number of hydrogen-bond donors (Lipinski definition) is 0. The third-order valence-electron chi connectivity index (χ3n) is 5.42. The van der Waals surface area contributed by atoms with Crippen molar-refractivity contribution < 1.29 is 19.1 Å². The van der Waals surface area contributed by atoms with E-state index in [9.17, 15) is 9.59 Å². The van der Waals surface area contributed by atoms with Crippen LogP contribution in [0.4, 0.5) is 0 Å². The Labute approximate surface area is 193 Å². The van der Waals surface area contributed by atoms with Crippen LogP contribution in [0.5, 0.6) is 0 Å². The minimum Gasteiger partial charge on any atom is -0.465 e. The highest BCUT2D eigenvalue weighted by molar-refractivity contribution is 5.69. The van der Waals surface area contributed by atoms with Crippen LogP contribution < -0.4 is 0 Å². The molecule has 0 aromatic rings. The van der Waals surface area contributed by atoms with Crippen molar-refractivity contribution in [3.05, 3.63) is 0 Å². The third-order valence-corrected chi connectivity index (χ3v) is 5.42. The molecule has 0 spiro atoms. The number of ether oxygens (including phenoxy) is 2. The lowest BCUT2D eigenvalue weighted by molar-refractivity contribution is -0.145. The molecule has 0 aliphatic rings. The first-order chi connectivity index (χ1) is 14.9. The summed E-state index contributed by atoms with van der Waals surface area (Å²) >= 11 is 0. The predicted molar refractivity (Wildman–Crippen MR) is 130 cm³/mol. The summed E-state index contributed by atoms with van der Waals surface area (Å²) in [6, 6.07) is 0. The van der Waals surface area contributed by atoms with Crippen molar-refractivity contribution in [2.24, 2.45) is 11.8 Å². The number of carbonyl (C=O) groups is 2. The van der Waals surface area contributed by atoms with E-state index in [-0.39, 0.29) is 11.9 Å². The summed E-state index contributed by atoms with van der Waals surface area (Å²) in [7, 11) is 0. The van der Waals surface area contributed by atoms with E-state index in [1.165, 1.54) is 70.6 Å². The van der Waals surface area contributed by atoms with E-state index in [0.717, 1.165) is 25.7 Å². The number of esters is 2. The molecule has 0 aliphatic carbocycles. The van der Waals surface area contributed by atoms with E-state index in [4.69, 9.17) is 9.47 Å². The molecule has 0 rings (SSSR count). The summed E-state index contributed by atoms with van der Waals surface area (Å²) in [5.74, 6) is 0.783. The topological polar surface area (TPSA) is 52.6 Å². The van der Waals surface area contributed by atoms with Crippen LogP contribution in [0.15, 0.2) is 0 Å². The zero-order valence-corrected chi connectivity index (χ0v) is 21.2. The van der Waals surface area contributed by atoms with Gasteiger partial charge in [-0.05, 0) is 24.7 Å². The fourth-order valence-electron chi connectivity index (χ4n) is 3.50. The maximum Gasteiger partial charge on any atom is 0.305 e. The largest absolute Gasteiger partial charge is 0.465 e. The van der Waals surface area contributed by atoms with Crippen LogP contribution in [0.3, 0.4) is 0 Å². The van der Waals surface area contributed by atoms with Crippen LogP contribution in [-0.4, -0.2) is 25.2 Å². The molecule has 31 heavy (non-hydrogen) atoms. The highest BCUT2D eigenvalue weighted by Crippen LogP contribution is 2.14. The van der Waals surface area contributed by atoms with Gasteiger partial charge in [0.25, 0.3) is 0 Å². The molecule has 0 fully saturated rings. The van der Waals surface area contributed by atoms with Crippen LogP contribution in [-0.2, 0) is 19.1 Å². The average Bonchev–Trinajstić information content (AvgIpc) is 2.72. The number of rotatable bonds is 22. The zero-order chi connectivity index (χ0) is 23.2. The zero-order valence-electron chi connectivity index (χ0n) is 21.2. The SMILES string of the molecule is CC(C)COC(=O)CCCCCCCCCCCCCCCCCC(=O)OCC(C)C. The summed E-state index contributed by atoms with van der Waals surface area (Å²) < 4.78 is 10.4. The fourth-order valence-corrected chi connectivity index (χ4v) is 3.50. The lowest BCUT2D eigenvalue weighted by atomic mass is 10.0. The van der Waals surface area contributed by atoms with Gasteiger partial charge in [0.2, 0.25) is 0 Å². The molecule has 0 aliphatic heterocycles. The van der Waals surface area contributed by atoms with E-state index in [0.29, 0.717) is 37.9 Å². The Morgan fingerprint density at radius 3 is 0.903 bits per heavy atom. The summed E-state index contributed by atoms with van der Waals surface area (Å²) in [6.07, 6.45) is 19.9. The van der Waals surface area contributed by atoms with Gasteiger partial charge >= 0.3 is 11.9 Å². The average molecular weight is 441 g/mol. The van der Waals surface area contributed by atoms with Crippen LogP contribution in [0.1, 0.15) is 137 Å². The van der Waals surface area contributed by atoms with Gasteiger partial charge < -0.3 is 9.47 Å². The van der Waals surface area contributed by atoms with E-state index >= 15 is 0 Å². The first-order valence-electron chi connectivity index (χ1n) is 13.2. The summed E-state index contributed by atoms with van der Waals surface area (Å²) in [5, 5.41) is 0. The van der Waals surface area contributed by atoms with Crippen molar-refractivity contribution in [1.29, 1.82) is 0 Å². The molecule has 0 heterocycles. The Hall–Kier alpha value is -1.06. The lowest BCUT2D eigenvalue weighted by Gasteiger charge is -2.07. The minimum absolute atomic E-state index is 0.0319. The van der Waals surface area contributed by atoms with Gasteiger partial charge in [0.15, 0.2) is 0 Å². The third kappa shape index (κ3) is 25.1. The molecule has 0 radical (unpaired) electrons. The Balaban J connectivity index is 3.17. The van der Waals surface area contributed by atoms with E-state index in [1.807, 2.05) is 0 Å². The summed E-state index contributed by atoms with van der Waals surface area (Å²) in [5.41, 5.74) is 0. The molecule has 0 saturated carbocycles. The van der Waals surface area contributed by atoms with Gasteiger partial charge in [-0.25, -0.2) is 0 Å². The Kier molecular flexibility index (Phi) is 21.4. The molecule has 0 aromatic heterocycles. The van der Waals surface area contributed by atoms with Crippen LogP contribution in [0.2, 0.25) is 0 Å². The molecular weight excluding hydrogens is 388 g/mol. The molecule has 4 nitrogen and oxygen atoms in total. The molecule has 4 heteroatoms. The second-order valence-electron chi connectivity index (χ2n) is 9.96. The van der Waals surface area contributed by atoms with Gasteiger partial charge in [-0.15, -0.1) is 0 Å². The molecule has 0 saturated heterocycles. The lowest BCUT2D eigenvalue weighted by Crippen LogP contribution is -2.09. The molecule has 184 valence electrons. The molecule has 0 atom stereocenters. The van der Waals surface area contributed by atoms with Crippen molar-refractivity contribution in [2.75, 3.05) is 13.2 Å². The van der Waals surface area contributed by atoms with Crippen molar-refractivity contribution >= 4 is 11.9 Å². The normalized spacial score (nSPS) is 11.3. The van der Waals surface area contributed by atoms with Crippen LogP contribution >= 0.6 is 0 Å². The highest BCUT2D eigenvalue weighted by atomic mass is 16.5. The van der Waals surface area contributed by atoms with E-state index in [2.05, 4.69) is 27.7 Å². The van der Waals surface area contributed by atoms with Gasteiger partial charge in [0.05, 0.1) is 13.2 Å². The molecule has 0 N–H and O–H groups in total. The van der Waals surface area contributed by atoms with Crippen molar-refractivity contribution in [3.63, 3.8) is 0 Å². The molecule has 0 bridgehead atoms. The van der Waals surface area contributed by atoms with Crippen molar-refractivity contribution in [1.82, 2.24) is 0 Å². The Bertz CT molecular complexity index is 379. The van der Waals surface area contributed by atoms with Gasteiger partial charge in [-0.1, -0.05) is 111 Å². The number of carbonyl (C=O) groups excluding carboxylic acids is 2. The monoisotopic (exact) mass is 440 g/mol. The fraction of sp³-hybridized carbons (Fsp3) is 0.926. The molecular formula is C27H52O4. The van der Waals surface area contributed by atoms with Crippen LogP contribution in [0.25, 0.3) is 0 Å². The Morgan fingerprint density at radius 2 is 0.677 bits per heavy atom. The predicted octanol–water partition coefficient (Wildman–Crippen LogP) is 8.02. The molecule has 0 amide bonds. The number of unbranched alkanes of at least 4 members (excludes halogenated alkanes) is 14. The van der Waals surface area contributed by atoms with Gasteiger partial charge in [-0.3, -0.25) is 9.59 Å². The first-order valence-corrected chi connectivity index (χ1v) is 13.2. The van der Waals surface area contributed by atoms with Crippen molar-refractivity contribution in [3.8, 4) is 0 Å². The second-order valence-corrected chi connectivity index (χ2v) is 9.96. The summed E-state index contributed by atoms with van der Waals surface area (Å²) in [4.78, 5) is 23.0. The van der Waals surface area contributed by atoms with Crippen molar-refractivity contribution in [2.45, 2.75) is 137 Å². The molecule has 0 unspecified atom stereocenters.